The molecule has 19 heavy (non-hydrogen) atoms. The van der Waals surface area contributed by atoms with Gasteiger partial charge in [0.25, 0.3) is 11.2 Å². The lowest BCUT2D eigenvalue weighted by molar-refractivity contribution is 0.595. The monoisotopic (exact) mass is 278 g/mol. The van der Waals surface area contributed by atoms with E-state index in [1.165, 1.54) is 0 Å². The molecule has 0 fully saturated rings. The van der Waals surface area contributed by atoms with Gasteiger partial charge in [0.1, 0.15) is 22.7 Å². The van der Waals surface area contributed by atoms with E-state index in [0.717, 1.165) is 23.7 Å². The first-order chi connectivity index (χ1) is 9.06. The maximum Gasteiger partial charge on any atom is 0.278 e. The van der Waals surface area contributed by atoms with Crippen LogP contribution in [0.3, 0.4) is 0 Å². The zero-order valence-electron chi connectivity index (χ0n) is 9.12. The summed E-state index contributed by atoms with van der Waals surface area (Å²) in [5.74, 6) is -2.03. The molecule has 0 aliphatic carbocycles. The van der Waals surface area contributed by atoms with E-state index in [9.17, 15) is 13.6 Å². The van der Waals surface area contributed by atoms with Crippen molar-refractivity contribution >= 4 is 27.9 Å². The maximum atomic E-state index is 13.4. The molecule has 5 nitrogen and oxygen atoms in total. The second-order valence-electron chi connectivity index (χ2n) is 3.37. The Balaban J connectivity index is 2.43. The van der Waals surface area contributed by atoms with Crippen molar-refractivity contribution in [1.29, 1.82) is 5.26 Å². The van der Waals surface area contributed by atoms with Gasteiger partial charge in [-0.15, -0.1) is 0 Å². The molecule has 0 radical (unpaired) electrons. The van der Waals surface area contributed by atoms with Crippen molar-refractivity contribution in [3.05, 3.63) is 51.1 Å². The van der Waals surface area contributed by atoms with E-state index in [1.54, 1.807) is 6.07 Å². The molecule has 0 aliphatic rings. The third-order valence-electron chi connectivity index (χ3n) is 2.20. The summed E-state index contributed by atoms with van der Waals surface area (Å²) in [6, 6.07) is 3.52. The number of nitrogens with one attached hydrogen (secondary N) is 2. The molecule has 0 bridgehead atoms. The fraction of sp³-hybridized carbons (Fsp3) is 0. The average Bonchev–Trinajstić information content (AvgIpc) is 2.69. The Morgan fingerprint density at radius 2 is 2.05 bits per heavy atom. The molecule has 0 atom stereocenters. The molecule has 0 amide bonds. The number of nitriles is 1. The highest BCUT2D eigenvalue weighted by atomic mass is 32.1. The van der Waals surface area contributed by atoms with Crippen LogP contribution in [0.5, 0.6) is 0 Å². The summed E-state index contributed by atoms with van der Waals surface area (Å²) >= 11 is 0.841. The topological polar surface area (TPSA) is 73.0 Å². The van der Waals surface area contributed by atoms with Crippen molar-refractivity contribution in [2.75, 3.05) is 5.32 Å². The highest BCUT2D eigenvalue weighted by Gasteiger charge is 2.14. The number of hydrogen-bond donors (Lipinski definition) is 2. The summed E-state index contributed by atoms with van der Waals surface area (Å²) in [6.07, 6.45) is 0. The quantitative estimate of drug-likeness (QED) is 0.829. The highest BCUT2D eigenvalue weighted by Crippen LogP contribution is 2.29. The standard InChI is InChI=1S/C11H4F2N4OS/c1-15-9-7(12)2-5(3-8(9)13)16-11-6(4-14)10(18)17-19-11/h2-3,16H,(H,17,18). The first-order valence-electron chi connectivity index (χ1n) is 4.82. The van der Waals surface area contributed by atoms with Crippen LogP contribution in [0.4, 0.5) is 25.2 Å². The lowest BCUT2D eigenvalue weighted by atomic mass is 10.2. The lowest BCUT2D eigenvalue weighted by Crippen LogP contribution is -2.03. The van der Waals surface area contributed by atoms with E-state index in [1.807, 2.05) is 0 Å². The Kier molecular flexibility index (Phi) is 3.27. The van der Waals surface area contributed by atoms with Crippen LogP contribution in [-0.4, -0.2) is 4.37 Å². The molecule has 2 aromatic rings. The first kappa shape index (κ1) is 12.7. The molecule has 0 unspecified atom stereocenters. The fourth-order valence-corrected chi connectivity index (χ4v) is 2.07. The number of aromatic amines is 1. The Labute approximate surface area is 109 Å². The van der Waals surface area contributed by atoms with E-state index in [-0.39, 0.29) is 16.3 Å². The molecular weight excluding hydrogens is 274 g/mol. The van der Waals surface area contributed by atoms with Crippen LogP contribution in [0.25, 0.3) is 4.85 Å². The van der Waals surface area contributed by atoms with Gasteiger partial charge in [-0.3, -0.25) is 9.17 Å². The molecule has 0 saturated carbocycles. The van der Waals surface area contributed by atoms with Crippen LogP contribution in [0.15, 0.2) is 16.9 Å². The van der Waals surface area contributed by atoms with Crippen molar-refractivity contribution in [3.8, 4) is 6.07 Å². The van der Waals surface area contributed by atoms with E-state index < -0.39 is 22.9 Å². The van der Waals surface area contributed by atoms with Gasteiger partial charge in [-0.2, -0.15) is 5.26 Å². The number of nitrogens with zero attached hydrogens (tertiary/aromatic N) is 2. The third-order valence-corrected chi connectivity index (χ3v) is 3.00. The molecule has 0 saturated heterocycles. The molecule has 2 N–H and O–H groups in total. The Bertz CT molecular complexity index is 758. The number of H-pyrrole nitrogens is 1. The minimum absolute atomic E-state index is 0.00847. The first-order valence-corrected chi connectivity index (χ1v) is 5.63. The van der Waals surface area contributed by atoms with Gasteiger partial charge >= 0.3 is 0 Å². The van der Waals surface area contributed by atoms with Gasteiger partial charge in [0.15, 0.2) is 5.56 Å². The SMILES string of the molecule is [C-]#[N+]c1c(F)cc(Nc2s[nH]c(=O)c2C#N)cc1F. The van der Waals surface area contributed by atoms with Crippen molar-refractivity contribution < 1.29 is 8.78 Å². The van der Waals surface area contributed by atoms with Gasteiger partial charge < -0.3 is 5.32 Å². The van der Waals surface area contributed by atoms with Crippen LogP contribution in [0.1, 0.15) is 5.56 Å². The molecule has 8 heteroatoms. The van der Waals surface area contributed by atoms with Crippen LogP contribution >= 0.6 is 11.5 Å². The van der Waals surface area contributed by atoms with Crippen LogP contribution < -0.4 is 10.9 Å². The number of hydrogen-bond acceptors (Lipinski definition) is 4. The van der Waals surface area contributed by atoms with Gasteiger partial charge in [0.2, 0.25) is 0 Å². The zero-order valence-corrected chi connectivity index (χ0v) is 9.94. The minimum atomic E-state index is -1.01. The number of rotatable bonds is 2. The zero-order chi connectivity index (χ0) is 14.0. The Morgan fingerprint density at radius 1 is 1.42 bits per heavy atom. The van der Waals surface area contributed by atoms with Crippen molar-refractivity contribution in [3.63, 3.8) is 0 Å². The van der Waals surface area contributed by atoms with Crippen LogP contribution in [0.2, 0.25) is 0 Å². The van der Waals surface area contributed by atoms with E-state index in [4.69, 9.17) is 11.8 Å². The predicted octanol–water partition coefficient (Wildman–Crippen LogP) is 2.88. The third kappa shape index (κ3) is 2.30. The van der Waals surface area contributed by atoms with Gasteiger partial charge in [0.05, 0.1) is 6.57 Å². The number of benzene rings is 1. The summed E-state index contributed by atoms with van der Waals surface area (Å²) in [6.45, 7) is 6.62. The summed E-state index contributed by atoms with van der Waals surface area (Å²) in [7, 11) is 0. The molecule has 1 aromatic heterocycles. The second kappa shape index (κ2) is 4.88. The molecule has 1 aromatic carbocycles. The van der Waals surface area contributed by atoms with E-state index in [2.05, 4.69) is 14.5 Å². The predicted molar refractivity (Wildman–Crippen MR) is 65.6 cm³/mol. The van der Waals surface area contributed by atoms with Crippen molar-refractivity contribution in [2.45, 2.75) is 0 Å². The lowest BCUT2D eigenvalue weighted by Gasteiger charge is -2.05. The maximum absolute atomic E-state index is 13.4. The van der Waals surface area contributed by atoms with E-state index in [0.29, 0.717) is 0 Å². The molecule has 1 heterocycles. The summed E-state index contributed by atoms with van der Waals surface area (Å²) in [4.78, 5) is 13.9. The minimum Gasteiger partial charge on any atom is -0.345 e. The second-order valence-corrected chi connectivity index (χ2v) is 4.19. The van der Waals surface area contributed by atoms with E-state index >= 15 is 0 Å². The Morgan fingerprint density at radius 3 is 2.58 bits per heavy atom. The van der Waals surface area contributed by atoms with Gasteiger partial charge in [-0.25, -0.2) is 13.6 Å². The smallest absolute Gasteiger partial charge is 0.278 e. The van der Waals surface area contributed by atoms with Gasteiger partial charge in [0, 0.05) is 5.69 Å². The fourth-order valence-electron chi connectivity index (χ4n) is 1.37. The van der Waals surface area contributed by atoms with Crippen LogP contribution in [-0.2, 0) is 0 Å². The number of halogens is 2. The Hall–Kier alpha value is -2.71. The normalized spacial score (nSPS) is 9.68. The number of anilines is 2. The van der Waals surface area contributed by atoms with Crippen LogP contribution in [0, 0.1) is 29.5 Å². The summed E-state index contributed by atoms with van der Waals surface area (Å²) in [5.41, 5.74) is -1.43. The van der Waals surface area contributed by atoms with Crippen molar-refractivity contribution in [1.82, 2.24) is 4.37 Å². The molecule has 2 rings (SSSR count). The average molecular weight is 278 g/mol. The van der Waals surface area contributed by atoms with Crippen molar-refractivity contribution in [2.24, 2.45) is 0 Å². The highest BCUT2D eigenvalue weighted by molar-refractivity contribution is 7.10. The van der Waals surface area contributed by atoms with Gasteiger partial charge in [-0.05, 0) is 23.7 Å². The largest absolute Gasteiger partial charge is 0.345 e. The molecule has 94 valence electrons. The summed E-state index contributed by atoms with van der Waals surface area (Å²) < 4.78 is 29.1. The summed E-state index contributed by atoms with van der Waals surface area (Å²) in [5, 5.41) is 11.5. The van der Waals surface area contributed by atoms with Gasteiger partial charge in [-0.1, -0.05) is 0 Å². The molecule has 0 aliphatic heterocycles. The number of aromatic nitrogens is 1. The molecular formula is C11H4F2N4OS. The molecule has 0 spiro atoms.